The Morgan fingerprint density at radius 1 is 1.53 bits per heavy atom. The smallest absolute Gasteiger partial charge is 0.223 e. The minimum atomic E-state index is 0.230. The molecule has 0 bridgehead atoms. The molecule has 1 aromatic rings. The predicted octanol–water partition coefficient (Wildman–Crippen LogP) is 1.75. The Hall–Kier alpha value is -0.870. The van der Waals surface area contributed by atoms with Crippen molar-refractivity contribution in [3.8, 4) is 0 Å². The lowest BCUT2D eigenvalue weighted by Crippen LogP contribution is -2.39. The maximum Gasteiger partial charge on any atom is 0.223 e. The summed E-state index contributed by atoms with van der Waals surface area (Å²) < 4.78 is 0. The van der Waals surface area contributed by atoms with Crippen LogP contribution in [0, 0.1) is 5.92 Å². The molecule has 2 heterocycles. The molecule has 1 aliphatic heterocycles. The van der Waals surface area contributed by atoms with Gasteiger partial charge in [-0.05, 0) is 61.8 Å². The normalized spacial score (nSPS) is 18.2. The van der Waals surface area contributed by atoms with E-state index in [4.69, 9.17) is 0 Å². The minimum absolute atomic E-state index is 0.230. The molecule has 94 valence electrons. The molecule has 4 heteroatoms. The molecule has 1 saturated heterocycles. The third-order valence-corrected chi connectivity index (χ3v) is 4.11. The molecule has 0 unspecified atom stereocenters. The summed E-state index contributed by atoms with van der Waals surface area (Å²) >= 11 is 1.71. The molecule has 1 aliphatic rings. The largest absolute Gasteiger partial charge is 0.356 e. The number of likely N-dealkylation sites (tertiary alicyclic amines) is 1. The van der Waals surface area contributed by atoms with Crippen molar-refractivity contribution in [3.05, 3.63) is 22.4 Å². The number of carbonyl (C=O) groups excluding carboxylic acids is 1. The van der Waals surface area contributed by atoms with E-state index in [2.05, 4.69) is 34.1 Å². The first-order chi connectivity index (χ1) is 8.25. The highest BCUT2D eigenvalue weighted by molar-refractivity contribution is 7.07. The lowest BCUT2D eigenvalue weighted by atomic mass is 9.96. The van der Waals surface area contributed by atoms with Crippen LogP contribution in [0.2, 0.25) is 0 Å². The van der Waals surface area contributed by atoms with Gasteiger partial charge < -0.3 is 10.2 Å². The second-order valence-electron chi connectivity index (χ2n) is 4.75. The lowest BCUT2D eigenvalue weighted by Gasteiger charge is -2.28. The molecular weight excluding hydrogens is 232 g/mol. The SMILES string of the molecule is CN1CCC(C(=O)NCCc2ccsc2)CC1. The minimum Gasteiger partial charge on any atom is -0.356 e. The molecule has 0 atom stereocenters. The molecule has 1 aromatic heterocycles. The Labute approximate surface area is 107 Å². The van der Waals surface area contributed by atoms with E-state index >= 15 is 0 Å². The Morgan fingerprint density at radius 3 is 2.94 bits per heavy atom. The maximum atomic E-state index is 11.9. The Morgan fingerprint density at radius 2 is 2.29 bits per heavy atom. The van der Waals surface area contributed by atoms with Crippen molar-refractivity contribution < 1.29 is 4.79 Å². The van der Waals surface area contributed by atoms with Gasteiger partial charge in [-0.3, -0.25) is 4.79 Å². The molecular formula is C13H20N2OS. The monoisotopic (exact) mass is 252 g/mol. The molecule has 3 nitrogen and oxygen atoms in total. The van der Waals surface area contributed by atoms with Crippen molar-refractivity contribution in [1.29, 1.82) is 0 Å². The Bertz CT molecular complexity index is 342. The molecule has 1 amide bonds. The highest BCUT2D eigenvalue weighted by Crippen LogP contribution is 2.15. The Balaban J connectivity index is 1.67. The number of hydrogen-bond acceptors (Lipinski definition) is 3. The van der Waals surface area contributed by atoms with Gasteiger partial charge in [0.2, 0.25) is 5.91 Å². The second kappa shape index (κ2) is 6.17. The number of amides is 1. The van der Waals surface area contributed by atoms with Crippen molar-refractivity contribution >= 4 is 17.2 Å². The van der Waals surface area contributed by atoms with Crippen LogP contribution in [-0.2, 0) is 11.2 Å². The second-order valence-corrected chi connectivity index (χ2v) is 5.53. The van der Waals surface area contributed by atoms with Crippen LogP contribution < -0.4 is 5.32 Å². The molecule has 0 radical (unpaired) electrons. The van der Waals surface area contributed by atoms with Gasteiger partial charge in [-0.15, -0.1) is 0 Å². The molecule has 1 N–H and O–H groups in total. The summed E-state index contributed by atoms with van der Waals surface area (Å²) in [6, 6.07) is 2.12. The number of piperidine rings is 1. The van der Waals surface area contributed by atoms with Crippen molar-refractivity contribution in [2.24, 2.45) is 5.92 Å². The van der Waals surface area contributed by atoms with Crippen molar-refractivity contribution in [2.75, 3.05) is 26.7 Å². The van der Waals surface area contributed by atoms with E-state index in [1.807, 2.05) is 0 Å². The van der Waals surface area contributed by atoms with Gasteiger partial charge in [0.25, 0.3) is 0 Å². The molecule has 1 fully saturated rings. The van der Waals surface area contributed by atoms with Crippen LogP contribution in [0.5, 0.6) is 0 Å². The average molecular weight is 252 g/mol. The van der Waals surface area contributed by atoms with E-state index in [0.29, 0.717) is 0 Å². The summed E-state index contributed by atoms with van der Waals surface area (Å²) in [5.41, 5.74) is 1.32. The first-order valence-electron chi connectivity index (χ1n) is 6.23. The van der Waals surface area contributed by atoms with Crippen molar-refractivity contribution in [1.82, 2.24) is 10.2 Å². The number of rotatable bonds is 4. The third-order valence-electron chi connectivity index (χ3n) is 3.38. The number of thiophene rings is 1. The lowest BCUT2D eigenvalue weighted by molar-refractivity contribution is -0.126. The van der Waals surface area contributed by atoms with Gasteiger partial charge in [0.1, 0.15) is 0 Å². The fourth-order valence-electron chi connectivity index (χ4n) is 2.18. The first-order valence-corrected chi connectivity index (χ1v) is 7.17. The van der Waals surface area contributed by atoms with Gasteiger partial charge >= 0.3 is 0 Å². The average Bonchev–Trinajstić information content (AvgIpc) is 2.83. The van der Waals surface area contributed by atoms with Crippen LogP contribution in [0.1, 0.15) is 18.4 Å². The van der Waals surface area contributed by atoms with Gasteiger partial charge in [-0.25, -0.2) is 0 Å². The number of nitrogens with zero attached hydrogens (tertiary/aromatic N) is 1. The fourth-order valence-corrected chi connectivity index (χ4v) is 2.88. The highest BCUT2D eigenvalue weighted by Gasteiger charge is 2.22. The Kier molecular flexibility index (Phi) is 4.57. The topological polar surface area (TPSA) is 32.3 Å². The third kappa shape index (κ3) is 3.82. The van der Waals surface area contributed by atoms with Gasteiger partial charge in [0, 0.05) is 12.5 Å². The van der Waals surface area contributed by atoms with E-state index in [9.17, 15) is 4.79 Å². The maximum absolute atomic E-state index is 11.9. The van der Waals surface area contributed by atoms with Crippen LogP contribution in [0.15, 0.2) is 16.8 Å². The van der Waals surface area contributed by atoms with E-state index in [-0.39, 0.29) is 11.8 Å². The molecule has 0 aromatic carbocycles. The van der Waals surface area contributed by atoms with Crippen LogP contribution in [-0.4, -0.2) is 37.5 Å². The molecule has 2 rings (SSSR count). The quantitative estimate of drug-likeness (QED) is 0.885. The van der Waals surface area contributed by atoms with Gasteiger partial charge in [-0.2, -0.15) is 11.3 Å². The van der Waals surface area contributed by atoms with Crippen LogP contribution >= 0.6 is 11.3 Å². The summed E-state index contributed by atoms with van der Waals surface area (Å²) in [5, 5.41) is 7.27. The van der Waals surface area contributed by atoms with E-state index in [0.717, 1.165) is 38.9 Å². The zero-order valence-corrected chi connectivity index (χ0v) is 11.1. The number of nitrogens with one attached hydrogen (secondary N) is 1. The van der Waals surface area contributed by atoms with E-state index in [1.54, 1.807) is 11.3 Å². The first kappa shape index (κ1) is 12.6. The van der Waals surface area contributed by atoms with Crippen LogP contribution in [0.4, 0.5) is 0 Å². The molecule has 0 aliphatic carbocycles. The summed E-state index contributed by atoms with van der Waals surface area (Å²) in [4.78, 5) is 14.2. The summed E-state index contributed by atoms with van der Waals surface area (Å²) in [6.07, 6.45) is 2.95. The van der Waals surface area contributed by atoms with Gasteiger partial charge in [-0.1, -0.05) is 0 Å². The fraction of sp³-hybridized carbons (Fsp3) is 0.615. The van der Waals surface area contributed by atoms with Crippen LogP contribution in [0.25, 0.3) is 0 Å². The van der Waals surface area contributed by atoms with Gasteiger partial charge in [0.05, 0.1) is 0 Å². The molecule has 0 saturated carbocycles. The van der Waals surface area contributed by atoms with E-state index < -0.39 is 0 Å². The summed E-state index contributed by atoms with van der Waals surface area (Å²) in [5.74, 6) is 0.474. The standard InChI is InChI=1S/C13H20N2OS/c1-15-7-3-12(4-8-15)13(16)14-6-2-11-5-9-17-10-11/h5,9-10,12H,2-4,6-8H2,1H3,(H,14,16). The van der Waals surface area contributed by atoms with Crippen molar-refractivity contribution in [3.63, 3.8) is 0 Å². The van der Waals surface area contributed by atoms with E-state index in [1.165, 1.54) is 5.56 Å². The number of hydrogen-bond donors (Lipinski definition) is 1. The zero-order chi connectivity index (χ0) is 12.1. The summed E-state index contributed by atoms with van der Waals surface area (Å²) in [7, 11) is 2.12. The zero-order valence-electron chi connectivity index (χ0n) is 10.3. The summed E-state index contributed by atoms with van der Waals surface area (Å²) in [6.45, 7) is 2.85. The molecule has 17 heavy (non-hydrogen) atoms. The molecule has 0 spiro atoms. The predicted molar refractivity (Wildman–Crippen MR) is 71.3 cm³/mol. The van der Waals surface area contributed by atoms with Crippen molar-refractivity contribution in [2.45, 2.75) is 19.3 Å². The number of carbonyl (C=O) groups is 1. The van der Waals surface area contributed by atoms with Gasteiger partial charge in [0.15, 0.2) is 0 Å². The highest BCUT2D eigenvalue weighted by atomic mass is 32.1. The van der Waals surface area contributed by atoms with Crippen LogP contribution in [0.3, 0.4) is 0 Å².